The number of piperazine rings is 1. The maximum absolute atomic E-state index is 12.5. The molecule has 1 aromatic heterocycles. The molecule has 1 fully saturated rings. The van der Waals surface area contributed by atoms with Gasteiger partial charge in [-0.15, -0.1) is 24.0 Å². The van der Waals surface area contributed by atoms with E-state index < -0.39 is 10.0 Å². The first-order valence-electron chi connectivity index (χ1n) is 9.91. The van der Waals surface area contributed by atoms with Crippen LogP contribution in [0.1, 0.15) is 19.5 Å². The molecule has 1 aliphatic heterocycles. The normalized spacial score (nSPS) is 15.8. The molecule has 1 N–H and O–H groups in total. The monoisotopic (exact) mass is 554 g/mol. The number of nitrogens with zero attached hydrogens (tertiary/aromatic N) is 5. The largest absolute Gasteiger partial charge is 0.378 e. The third-order valence-electron chi connectivity index (χ3n) is 4.61. The van der Waals surface area contributed by atoms with Crippen LogP contribution < -0.4 is 10.2 Å². The van der Waals surface area contributed by atoms with Crippen LogP contribution in [0, 0.1) is 0 Å². The van der Waals surface area contributed by atoms with Crippen LogP contribution in [0.25, 0.3) is 0 Å². The molecule has 0 aromatic carbocycles. The molecule has 0 bridgehead atoms. The van der Waals surface area contributed by atoms with Crippen molar-refractivity contribution in [3.8, 4) is 0 Å². The molecule has 30 heavy (non-hydrogen) atoms. The predicted molar refractivity (Wildman–Crippen MR) is 132 cm³/mol. The molecule has 0 unspecified atom stereocenters. The maximum Gasteiger partial charge on any atom is 0.216 e. The minimum atomic E-state index is -3.30. The molecule has 1 aromatic rings. The third-order valence-corrected chi connectivity index (χ3v) is 6.45. The number of hydrogen-bond acceptors (Lipinski definition) is 6. The van der Waals surface area contributed by atoms with E-state index in [4.69, 9.17) is 4.74 Å². The smallest absolute Gasteiger partial charge is 0.216 e. The zero-order valence-electron chi connectivity index (χ0n) is 18.5. The Morgan fingerprint density at radius 3 is 2.50 bits per heavy atom. The van der Waals surface area contributed by atoms with Crippen LogP contribution in [0.15, 0.2) is 23.2 Å². The lowest BCUT2D eigenvalue weighted by Gasteiger charge is -2.35. The second kappa shape index (κ2) is 12.6. The Morgan fingerprint density at radius 1 is 1.27 bits per heavy atom. The second-order valence-corrected chi connectivity index (χ2v) is 9.49. The first-order chi connectivity index (χ1) is 13.7. The van der Waals surface area contributed by atoms with E-state index >= 15 is 0 Å². The summed E-state index contributed by atoms with van der Waals surface area (Å²) >= 11 is 0. The van der Waals surface area contributed by atoms with E-state index in [1.54, 1.807) is 11.4 Å². The van der Waals surface area contributed by atoms with Gasteiger partial charge in [0, 0.05) is 47.3 Å². The number of halogens is 1. The fraction of sp³-hybridized carbons (Fsp3) is 0.684. The highest BCUT2D eigenvalue weighted by Gasteiger charge is 2.28. The minimum absolute atomic E-state index is 0. The number of aliphatic imine (C=N–C) groups is 1. The number of nitrogens with one attached hydrogen (secondary N) is 1. The van der Waals surface area contributed by atoms with Gasteiger partial charge in [-0.1, -0.05) is 6.07 Å². The summed E-state index contributed by atoms with van der Waals surface area (Å²) in [6.45, 7) is 6.65. The van der Waals surface area contributed by atoms with Crippen molar-refractivity contribution < 1.29 is 13.2 Å². The molecule has 0 aliphatic carbocycles. The van der Waals surface area contributed by atoms with Crippen molar-refractivity contribution in [2.45, 2.75) is 26.5 Å². The lowest BCUT2D eigenvalue weighted by atomic mass is 10.3. The topological polar surface area (TPSA) is 90.4 Å². The van der Waals surface area contributed by atoms with Gasteiger partial charge >= 0.3 is 0 Å². The Labute approximate surface area is 197 Å². The zero-order chi connectivity index (χ0) is 21.4. The van der Waals surface area contributed by atoms with Gasteiger partial charge in [0.05, 0.1) is 30.7 Å². The number of ether oxygens (including phenoxy) is 1. The second-order valence-electron chi connectivity index (χ2n) is 7.40. The molecule has 1 saturated heterocycles. The molecule has 0 spiro atoms. The minimum Gasteiger partial charge on any atom is -0.378 e. The summed E-state index contributed by atoms with van der Waals surface area (Å²) in [5.41, 5.74) is 0.920. The van der Waals surface area contributed by atoms with Gasteiger partial charge in [0.25, 0.3) is 0 Å². The number of anilines is 1. The van der Waals surface area contributed by atoms with Crippen molar-refractivity contribution in [3.63, 3.8) is 0 Å². The lowest BCUT2D eigenvalue weighted by molar-refractivity contribution is 0.0904. The number of guanidine groups is 1. The average Bonchev–Trinajstić information content (AvgIpc) is 2.68. The van der Waals surface area contributed by atoms with E-state index in [1.807, 2.05) is 51.0 Å². The van der Waals surface area contributed by atoms with Gasteiger partial charge < -0.3 is 19.9 Å². The fourth-order valence-corrected chi connectivity index (χ4v) is 4.30. The summed E-state index contributed by atoms with van der Waals surface area (Å²) in [5, 5.41) is 3.33. The van der Waals surface area contributed by atoms with Gasteiger partial charge in [0.15, 0.2) is 5.96 Å². The summed E-state index contributed by atoms with van der Waals surface area (Å²) in [5.74, 6) is 1.67. The number of pyridine rings is 1. The van der Waals surface area contributed by atoms with Crippen LogP contribution in [0.4, 0.5) is 5.82 Å². The van der Waals surface area contributed by atoms with E-state index in [1.165, 1.54) is 0 Å². The summed E-state index contributed by atoms with van der Waals surface area (Å²) in [4.78, 5) is 13.0. The highest BCUT2D eigenvalue weighted by molar-refractivity contribution is 14.0. The fourth-order valence-electron chi connectivity index (χ4n) is 3.01. The molecule has 11 heteroatoms. The van der Waals surface area contributed by atoms with Crippen LogP contribution in [0.2, 0.25) is 0 Å². The van der Waals surface area contributed by atoms with Gasteiger partial charge in [-0.05, 0) is 26.0 Å². The number of aromatic nitrogens is 1. The Hall–Kier alpha value is -1.18. The van der Waals surface area contributed by atoms with Crippen molar-refractivity contribution in [3.05, 3.63) is 23.9 Å². The molecule has 172 valence electrons. The van der Waals surface area contributed by atoms with Crippen LogP contribution in [0.5, 0.6) is 0 Å². The van der Waals surface area contributed by atoms with Crippen molar-refractivity contribution >= 4 is 45.8 Å². The summed E-state index contributed by atoms with van der Waals surface area (Å²) in [6, 6.07) is 5.91. The first kappa shape index (κ1) is 26.9. The van der Waals surface area contributed by atoms with Crippen molar-refractivity contribution in [2.75, 3.05) is 64.6 Å². The Kier molecular flexibility index (Phi) is 11.3. The Morgan fingerprint density at radius 2 is 1.93 bits per heavy atom. The lowest BCUT2D eigenvalue weighted by Crippen LogP contribution is -2.54. The molecule has 2 rings (SSSR count). The van der Waals surface area contributed by atoms with E-state index in [9.17, 15) is 8.42 Å². The SMILES string of the molecule is CN=C(NCc1cccc(N(C)C)n1)N1CCN(S(=O)(=O)CCOC(C)C)CC1.I. The molecular formula is C19H35IN6O3S. The van der Waals surface area contributed by atoms with E-state index in [2.05, 4.69) is 20.2 Å². The van der Waals surface area contributed by atoms with Crippen molar-refractivity contribution in [1.82, 2.24) is 19.5 Å². The molecule has 0 atom stereocenters. The van der Waals surface area contributed by atoms with E-state index in [0.717, 1.165) is 17.5 Å². The molecule has 0 saturated carbocycles. The van der Waals surface area contributed by atoms with Crippen LogP contribution in [0.3, 0.4) is 0 Å². The van der Waals surface area contributed by atoms with Crippen LogP contribution in [-0.4, -0.2) is 94.4 Å². The Bertz CT molecular complexity index is 780. The van der Waals surface area contributed by atoms with E-state index in [-0.39, 0.29) is 42.4 Å². The average molecular weight is 554 g/mol. The first-order valence-corrected chi connectivity index (χ1v) is 11.5. The van der Waals surface area contributed by atoms with Gasteiger partial charge in [0.1, 0.15) is 5.82 Å². The highest BCUT2D eigenvalue weighted by atomic mass is 127. The molecular weight excluding hydrogens is 519 g/mol. The van der Waals surface area contributed by atoms with Crippen LogP contribution in [-0.2, 0) is 21.3 Å². The van der Waals surface area contributed by atoms with Gasteiger partial charge in [0.2, 0.25) is 10.0 Å². The summed E-state index contributed by atoms with van der Waals surface area (Å²) in [7, 11) is 2.36. The van der Waals surface area contributed by atoms with Crippen molar-refractivity contribution in [1.29, 1.82) is 0 Å². The number of rotatable bonds is 8. The van der Waals surface area contributed by atoms with Gasteiger partial charge in [-0.3, -0.25) is 4.99 Å². The molecule has 9 nitrogen and oxygen atoms in total. The van der Waals surface area contributed by atoms with Crippen LogP contribution >= 0.6 is 24.0 Å². The summed E-state index contributed by atoms with van der Waals surface area (Å²) in [6.07, 6.45) is 0.0318. The summed E-state index contributed by atoms with van der Waals surface area (Å²) < 4.78 is 31.9. The predicted octanol–water partition coefficient (Wildman–Crippen LogP) is 1.21. The van der Waals surface area contributed by atoms with Crippen molar-refractivity contribution in [2.24, 2.45) is 4.99 Å². The molecule has 2 heterocycles. The molecule has 1 aliphatic rings. The van der Waals surface area contributed by atoms with E-state index in [0.29, 0.717) is 32.7 Å². The third kappa shape index (κ3) is 8.16. The maximum atomic E-state index is 12.5. The van der Waals surface area contributed by atoms with Gasteiger partial charge in [-0.2, -0.15) is 4.31 Å². The highest BCUT2D eigenvalue weighted by Crippen LogP contribution is 2.10. The number of hydrogen-bond donors (Lipinski definition) is 1. The standard InChI is InChI=1S/C19H34N6O3S.HI/c1-16(2)28-13-14-29(26,27)25-11-9-24(10-12-25)19(20-3)21-15-17-7-6-8-18(22-17)23(4)5;/h6-8,16H,9-15H2,1-5H3,(H,20,21);1H. The number of sulfonamides is 1. The molecule has 0 radical (unpaired) electrons. The zero-order valence-corrected chi connectivity index (χ0v) is 21.7. The Balaban J connectivity index is 0.00000450. The molecule has 0 amide bonds. The van der Waals surface area contributed by atoms with Gasteiger partial charge in [-0.25, -0.2) is 13.4 Å². The quantitative estimate of drug-likeness (QED) is 0.294.